The monoisotopic (exact) mass is 310 g/mol. The molecule has 3 rings (SSSR count). The number of rotatable bonds is 5. The highest BCUT2D eigenvalue weighted by molar-refractivity contribution is 5.81. The molecule has 0 aromatic heterocycles. The second-order valence-corrected chi connectivity index (χ2v) is 5.96. The van der Waals surface area contributed by atoms with Gasteiger partial charge in [-0.2, -0.15) is 0 Å². The lowest BCUT2D eigenvalue weighted by atomic mass is 10.1. The highest BCUT2D eigenvalue weighted by Crippen LogP contribution is 2.23. The zero-order valence-electron chi connectivity index (χ0n) is 13.3. The summed E-state index contributed by atoms with van der Waals surface area (Å²) in [5.74, 6) is -0.222. The van der Waals surface area contributed by atoms with Crippen molar-refractivity contribution in [2.24, 2.45) is 0 Å². The number of esters is 1. The Bertz CT molecular complexity index is 630. The van der Waals surface area contributed by atoms with Crippen molar-refractivity contribution in [1.82, 2.24) is 4.90 Å². The van der Waals surface area contributed by atoms with Crippen molar-refractivity contribution in [2.45, 2.75) is 18.6 Å². The zero-order valence-corrected chi connectivity index (χ0v) is 13.3. The summed E-state index contributed by atoms with van der Waals surface area (Å²) in [7, 11) is 2.05. The fourth-order valence-electron chi connectivity index (χ4n) is 2.85. The number of nitrogens with zero attached hydrogens (tertiary/aromatic N) is 1. The molecule has 120 valence electrons. The van der Waals surface area contributed by atoms with E-state index in [0.29, 0.717) is 0 Å². The molecule has 23 heavy (non-hydrogen) atoms. The first-order chi connectivity index (χ1) is 11.2. The second-order valence-electron chi connectivity index (χ2n) is 5.96. The molecule has 2 aromatic rings. The SMILES string of the molecule is CN1CC[C@H](OC(=O)C(Nc2ccccc2)c2ccccc2)C1. The Kier molecular flexibility index (Phi) is 4.93. The number of benzene rings is 2. The molecular formula is C19H22N2O2. The Hall–Kier alpha value is -2.33. The first-order valence-electron chi connectivity index (χ1n) is 7.98. The van der Waals surface area contributed by atoms with Gasteiger partial charge < -0.3 is 15.0 Å². The number of anilines is 1. The van der Waals surface area contributed by atoms with Crippen molar-refractivity contribution < 1.29 is 9.53 Å². The molecule has 1 aliphatic rings. The van der Waals surface area contributed by atoms with Crippen LogP contribution in [0.1, 0.15) is 18.0 Å². The molecule has 0 saturated carbocycles. The second kappa shape index (κ2) is 7.29. The van der Waals surface area contributed by atoms with E-state index in [-0.39, 0.29) is 12.1 Å². The van der Waals surface area contributed by atoms with Crippen LogP contribution < -0.4 is 5.32 Å². The summed E-state index contributed by atoms with van der Waals surface area (Å²) in [6, 6.07) is 19.0. The third kappa shape index (κ3) is 4.11. The molecule has 1 heterocycles. The van der Waals surface area contributed by atoms with Gasteiger partial charge in [0.1, 0.15) is 6.10 Å². The fraction of sp³-hybridized carbons (Fsp3) is 0.316. The molecule has 0 amide bonds. The molecule has 0 aliphatic carbocycles. The first-order valence-corrected chi connectivity index (χ1v) is 7.98. The Balaban J connectivity index is 1.76. The average Bonchev–Trinajstić information content (AvgIpc) is 2.99. The number of hydrogen-bond donors (Lipinski definition) is 1. The minimum absolute atomic E-state index is 0.0173. The molecule has 0 spiro atoms. The molecule has 0 radical (unpaired) electrons. The number of ether oxygens (including phenoxy) is 1. The summed E-state index contributed by atoms with van der Waals surface area (Å²) < 4.78 is 5.73. The van der Waals surface area contributed by atoms with Crippen LogP contribution in [0.5, 0.6) is 0 Å². The molecule has 4 heteroatoms. The van der Waals surface area contributed by atoms with Crippen LogP contribution in [0.15, 0.2) is 60.7 Å². The van der Waals surface area contributed by atoms with Gasteiger partial charge in [0, 0.05) is 18.8 Å². The highest BCUT2D eigenvalue weighted by Gasteiger charge is 2.28. The van der Waals surface area contributed by atoms with Crippen LogP contribution in [0, 0.1) is 0 Å². The number of likely N-dealkylation sites (N-methyl/N-ethyl adjacent to an activating group) is 1. The van der Waals surface area contributed by atoms with Crippen molar-refractivity contribution in [3.05, 3.63) is 66.2 Å². The van der Waals surface area contributed by atoms with Gasteiger partial charge in [-0.15, -0.1) is 0 Å². The van der Waals surface area contributed by atoms with E-state index in [0.717, 1.165) is 30.8 Å². The van der Waals surface area contributed by atoms with Crippen LogP contribution in [0.2, 0.25) is 0 Å². The maximum atomic E-state index is 12.7. The minimum Gasteiger partial charge on any atom is -0.459 e. The highest BCUT2D eigenvalue weighted by atomic mass is 16.5. The van der Waals surface area contributed by atoms with Crippen molar-refractivity contribution in [2.75, 3.05) is 25.5 Å². The predicted molar refractivity (Wildman–Crippen MR) is 91.2 cm³/mol. The summed E-state index contributed by atoms with van der Waals surface area (Å²) >= 11 is 0. The molecule has 2 aromatic carbocycles. The van der Waals surface area contributed by atoms with Gasteiger partial charge in [-0.1, -0.05) is 48.5 Å². The molecule has 2 atom stereocenters. The summed E-state index contributed by atoms with van der Waals surface area (Å²) in [6.07, 6.45) is 0.881. The fourth-order valence-corrected chi connectivity index (χ4v) is 2.85. The van der Waals surface area contributed by atoms with Crippen molar-refractivity contribution in [3.8, 4) is 0 Å². The van der Waals surface area contributed by atoms with E-state index in [9.17, 15) is 4.79 Å². The van der Waals surface area contributed by atoms with Crippen LogP contribution in [-0.4, -0.2) is 37.1 Å². The van der Waals surface area contributed by atoms with Gasteiger partial charge in [0.15, 0.2) is 6.04 Å². The Morgan fingerprint density at radius 2 is 1.78 bits per heavy atom. The van der Waals surface area contributed by atoms with Gasteiger partial charge >= 0.3 is 5.97 Å². The van der Waals surface area contributed by atoms with Crippen molar-refractivity contribution >= 4 is 11.7 Å². The van der Waals surface area contributed by atoms with Crippen molar-refractivity contribution in [3.63, 3.8) is 0 Å². The molecule has 1 fully saturated rings. The van der Waals surface area contributed by atoms with Gasteiger partial charge in [-0.05, 0) is 31.2 Å². The van der Waals surface area contributed by atoms with Crippen molar-refractivity contribution in [1.29, 1.82) is 0 Å². The Labute approximate surface area is 137 Å². The normalized spacial score (nSPS) is 19.3. The molecule has 1 aliphatic heterocycles. The lowest BCUT2D eigenvalue weighted by molar-refractivity contribution is -0.149. The van der Waals surface area contributed by atoms with Gasteiger partial charge in [-0.25, -0.2) is 4.79 Å². The third-order valence-corrected chi connectivity index (χ3v) is 4.08. The minimum atomic E-state index is -0.496. The number of carbonyl (C=O) groups is 1. The molecule has 1 saturated heterocycles. The van der Waals surface area contributed by atoms with Gasteiger partial charge in [0.2, 0.25) is 0 Å². The van der Waals surface area contributed by atoms with Gasteiger partial charge in [-0.3, -0.25) is 0 Å². The zero-order chi connectivity index (χ0) is 16.1. The van der Waals surface area contributed by atoms with E-state index >= 15 is 0 Å². The lowest BCUT2D eigenvalue weighted by Crippen LogP contribution is -2.29. The Morgan fingerprint density at radius 3 is 2.39 bits per heavy atom. The maximum absolute atomic E-state index is 12.7. The number of nitrogens with one attached hydrogen (secondary N) is 1. The largest absolute Gasteiger partial charge is 0.459 e. The summed E-state index contributed by atoms with van der Waals surface area (Å²) in [4.78, 5) is 14.9. The average molecular weight is 310 g/mol. The van der Waals surface area contributed by atoms with E-state index in [1.165, 1.54) is 0 Å². The molecule has 4 nitrogen and oxygen atoms in total. The Morgan fingerprint density at radius 1 is 1.13 bits per heavy atom. The first kappa shape index (κ1) is 15.6. The molecular weight excluding hydrogens is 288 g/mol. The quantitative estimate of drug-likeness (QED) is 0.862. The smallest absolute Gasteiger partial charge is 0.333 e. The van der Waals surface area contributed by atoms with Crippen LogP contribution in [0.3, 0.4) is 0 Å². The number of carbonyl (C=O) groups excluding carboxylic acids is 1. The van der Waals surface area contributed by atoms with Crippen LogP contribution in [0.4, 0.5) is 5.69 Å². The van der Waals surface area contributed by atoms with E-state index in [4.69, 9.17) is 4.74 Å². The molecule has 1 N–H and O–H groups in total. The third-order valence-electron chi connectivity index (χ3n) is 4.08. The van der Waals surface area contributed by atoms with E-state index in [1.54, 1.807) is 0 Å². The summed E-state index contributed by atoms with van der Waals surface area (Å²) in [5, 5.41) is 3.29. The van der Waals surface area contributed by atoms with E-state index < -0.39 is 6.04 Å². The van der Waals surface area contributed by atoms with Gasteiger partial charge in [0.05, 0.1) is 0 Å². The number of para-hydroxylation sites is 1. The number of hydrogen-bond acceptors (Lipinski definition) is 4. The van der Waals surface area contributed by atoms with Gasteiger partial charge in [0.25, 0.3) is 0 Å². The van der Waals surface area contributed by atoms with Crippen LogP contribution in [-0.2, 0) is 9.53 Å². The topological polar surface area (TPSA) is 41.6 Å². The summed E-state index contributed by atoms with van der Waals surface area (Å²) in [6.45, 7) is 1.78. The van der Waals surface area contributed by atoms with E-state index in [1.807, 2.05) is 67.7 Å². The lowest BCUT2D eigenvalue weighted by Gasteiger charge is -2.21. The van der Waals surface area contributed by atoms with Crippen LogP contribution >= 0.6 is 0 Å². The summed E-state index contributed by atoms with van der Waals surface area (Å²) in [5.41, 5.74) is 1.81. The predicted octanol–water partition coefficient (Wildman–Crippen LogP) is 3.09. The molecule has 0 bridgehead atoms. The standard InChI is InChI=1S/C19H22N2O2/c1-21-13-12-17(14-21)23-19(22)18(15-8-4-2-5-9-15)20-16-10-6-3-7-11-16/h2-11,17-18,20H,12-14H2,1H3/t17-,18?/m0/s1. The van der Waals surface area contributed by atoms with E-state index in [2.05, 4.69) is 10.2 Å². The van der Waals surface area contributed by atoms with Crippen LogP contribution in [0.25, 0.3) is 0 Å². The maximum Gasteiger partial charge on any atom is 0.333 e. The molecule has 1 unspecified atom stereocenters. The number of likely N-dealkylation sites (tertiary alicyclic amines) is 1.